The molecule has 0 atom stereocenters. The van der Waals surface area contributed by atoms with E-state index in [1.807, 2.05) is 0 Å². The van der Waals surface area contributed by atoms with E-state index in [1.165, 1.54) is 18.4 Å². The van der Waals surface area contributed by atoms with Crippen molar-refractivity contribution in [3.05, 3.63) is 48.2 Å². The number of halogens is 2. The molecule has 0 saturated carbocycles. The summed E-state index contributed by atoms with van der Waals surface area (Å²) in [5.74, 6) is 0.116. The molecule has 0 saturated heterocycles. The molecular weight excluding hydrogens is 216 g/mol. The first-order valence-corrected chi connectivity index (χ1v) is 4.59. The van der Waals surface area contributed by atoms with Crippen LogP contribution in [-0.2, 0) is 4.84 Å². The summed E-state index contributed by atoms with van der Waals surface area (Å²) in [6.45, 7) is -2.82. The van der Waals surface area contributed by atoms with Crippen LogP contribution in [0.3, 0.4) is 0 Å². The highest BCUT2D eigenvalue weighted by molar-refractivity contribution is 5.66. The summed E-state index contributed by atoms with van der Waals surface area (Å²) >= 11 is 0. The van der Waals surface area contributed by atoms with E-state index in [2.05, 4.69) is 10.2 Å². The summed E-state index contributed by atoms with van der Waals surface area (Å²) in [4.78, 5) is 4.87. The van der Waals surface area contributed by atoms with Gasteiger partial charge in [0.1, 0.15) is 12.0 Å². The van der Waals surface area contributed by atoms with Crippen molar-refractivity contribution in [1.82, 2.24) is 5.48 Å². The lowest BCUT2D eigenvalue weighted by molar-refractivity contribution is -0.0498. The van der Waals surface area contributed by atoms with Gasteiger partial charge in [-0.2, -0.15) is 8.78 Å². The lowest BCUT2D eigenvalue weighted by Gasteiger charge is -2.13. The average Bonchev–Trinajstić information content (AvgIpc) is 2.30. The summed E-state index contributed by atoms with van der Waals surface area (Å²) in [6, 6.07) is 6.37. The molecule has 0 unspecified atom stereocenters. The van der Waals surface area contributed by atoms with Gasteiger partial charge in [-0.1, -0.05) is 12.1 Å². The van der Waals surface area contributed by atoms with Gasteiger partial charge < -0.3 is 9.57 Å². The van der Waals surface area contributed by atoms with Gasteiger partial charge in [0.15, 0.2) is 0 Å². The summed E-state index contributed by atoms with van der Waals surface area (Å²) in [5, 5.41) is 0. The molecule has 1 aliphatic heterocycles. The van der Waals surface area contributed by atoms with Crippen LogP contribution in [0.2, 0.25) is 0 Å². The van der Waals surface area contributed by atoms with Crippen LogP contribution < -0.4 is 10.2 Å². The molecule has 1 heterocycles. The molecule has 0 spiro atoms. The molecule has 16 heavy (non-hydrogen) atoms. The number of allylic oxidation sites excluding steroid dienone is 2. The molecule has 0 aliphatic carbocycles. The van der Waals surface area contributed by atoms with Crippen LogP contribution in [0.4, 0.5) is 8.78 Å². The van der Waals surface area contributed by atoms with Crippen molar-refractivity contribution < 1.29 is 18.4 Å². The molecule has 1 aromatic rings. The standard InChI is InChI=1S/C11H9F2NO2/c12-11(13)16-9-4-1-3-8(7-9)10-5-2-6-15-14-10/h1-7,11,14H. The molecule has 0 fully saturated rings. The fraction of sp³-hybridized carbons (Fsp3) is 0.0909. The number of hydroxylamine groups is 1. The molecule has 1 aliphatic rings. The molecule has 84 valence electrons. The van der Waals surface area contributed by atoms with Crippen LogP contribution >= 0.6 is 0 Å². The molecule has 0 bridgehead atoms. The van der Waals surface area contributed by atoms with E-state index >= 15 is 0 Å². The SMILES string of the molecule is FC(F)Oc1cccc(C2=CC=CON2)c1. The maximum atomic E-state index is 12.0. The lowest BCUT2D eigenvalue weighted by Crippen LogP contribution is -2.12. The minimum atomic E-state index is -2.82. The van der Waals surface area contributed by atoms with E-state index in [4.69, 9.17) is 4.84 Å². The molecule has 1 N–H and O–H groups in total. The van der Waals surface area contributed by atoms with Gasteiger partial charge in [-0.3, -0.25) is 0 Å². The smallest absolute Gasteiger partial charge is 0.387 e. The maximum absolute atomic E-state index is 12.0. The number of benzene rings is 1. The van der Waals surface area contributed by atoms with Crippen molar-refractivity contribution >= 4 is 5.70 Å². The van der Waals surface area contributed by atoms with E-state index < -0.39 is 6.61 Å². The third kappa shape index (κ3) is 2.50. The Labute approximate surface area is 90.9 Å². The molecule has 0 aromatic heterocycles. The van der Waals surface area contributed by atoms with Crippen LogP contribution in [0, 0.1) is 0 Å². The monoisotopic (exact) mass is 225 g/mol. The van der Waals surface area contributed by atoms with Crippen LogP contribution in [-0.4, -0.2) is 6.61 Å². The van der Waals surface area contributed by atoms with Crippen molar-refractivity contribution in [3.8, 4) is 5.75 Å². The normalized spacial score (nSPS) is 14.1. The first-order valence-electron chi connectivity index (χ1n) is 4.59. The molecule has 2 rings (SSSR count). The molecule has 5 heteroatoms. The van der Waals surface area contributed by atoms with E-state index in [9.17, 15) is 8.78 Å². The summed E-state index contributed by atoms with van der Waals surface area (Å²) < 4.78 is 28.3. The van der Waals surface area contributed by atoms with Crippen LogP contribution in [0.1, 0.15) is 5.56 Å². The maximum Gasteiger partial charge on any atom is 0.387 e. The largest absolute Gasteiger partial charge is 0.435 e. The Hall–Kier alpha value is -2.04. The number of ether oxygens (including phenoxy) is 1. The predicted molar refractivity (Wildman–Crippen MR) is 54.4 cm³/mol. The second-order valence-corrected chi connectivity index (χ2v) is 3.04. The van der Waals surface area contributed by atoms with Gasteiger partial charge in [-0.15, -0.1) is 0 Å². The third-order valence-electron chi connectivity index (χ3n) is 1.95. The minimum absolute atomic E-state index is 0.116. The molecule has 1 aromatic carbocycles. The highest BCUT2D eigenvalue weighted by atomic mass is 19.3. The summed E-state index contributed by atoms with van der Waals surface area (Å²) in [6.07, 6.45) is 4.94. The van der Waals surface area contributed by atoms with E-state index in [-0.39, 0.29) is 5.75 Å². The van der Waals surface area contributed by atoms with Gasteiger partial charge in [0, 0.05) is 5.56 Å². The van der Waals surface area contributed by atoms with E-state index in [1.54, 1.807) is 24.3 Å². The Kier molecular flexibility index (Phi) is 3.05. The fourth-order valence-corrected chi connectivity index (χ4v) is 1.30. The van der Waals surface area contributed by atoms with E-state index in [0.717, 1.165) is 0 Å². The van der Waals surface area contributed by atoms with Crippen molar-refractivity contribution in [1.29, 1.82) is 0 Å². The number of rotatable bonds is 3. The second-order valence-electron chi connectivity index (χ2n) is 3.04. The van der Waals surface area contributed by atoms with Crippen LogP contribution in [0.5, 0.6) is 5.75 Å². The van der Waals surface area contributed by atoms with Gasteiger partial charge in [0.2, 0.25) is 0 Å². The first-order chi connectivity index (χ1) is 7.75. The van der Waals surface area contributed by atoms with Crippen molar-refractivity contribution in [2.75, 3.05) is 0 Å². The highest BCUT2D eigenvalue weighted by Crippen LogP contribution is 2.21. The molecule has 3 nitrogen and oxygen atoms in total. The molecule has 0 amide bonds. The van der Waals surface area contributed by atoms with Crippen molar-refractivity contribution in [2.24, 2.45) is 0 Å². The number of nitrogens with one attached hydrogen (secondary N) is 1. The number of alkyl halides is 2. The zero-order valence-electron chi connectivity index (χ0n) is 8.19. The third-order valence-corrected chi connectivity index (χ3v) is 1.95. The average molecular weight is 225 g/mol. The highest BCUT2D eigenvalue weighted by Gasteiger charge is 2.07. The van der Waals surface area contributed by atoms with Crippen LogP contribution in [0.15, 0.2) is 42.7 Å². The van der Waals surface area contributed by atoms with Gasteiger partial charge in [0.05, 0.1) is 5.70 Å². The summed E-state index contributed by atoms with van der Waals surface area (Å²) in [7, 11) is 0. The Morgan fingerprint density at radius 2 is 2.19 bits per heavy atom. The Morgan fingerprint density at radius 3 is 2.88 bits per heavy atom. The number of hydrogen-bond donors (Lipinski definition) is 1. The van der Waals surface area contributed by atoms with Gasteiger partial charge in [0.25, 0.3) is 0 Å². The second kappa shape index (κ2) is 4.65. The van der Waals surface area contributed by atoms with E-state index in [0.29, 0.717) is 11.3 Å². The molecule has 0 radical (unpaired) electrons. The van der Waals surface area contributed by atoms with Crippen molar-refractivity contribution in [3.63, 3.8) is 0 Å². The topological polar surface area (TPSA) is 30.5 Å². The van der Waals surface area contributed by atoms with Gasteiger partial charge in [-0.25, -0.2) is 5.48 Å². The minimum Gasteiger partial charge on any atom is -0.435 e. The predicted octanol–water partition coefficient (Wildman–Crippen LogP) is 2.68. The van der Waals surface area contributed by atoms with Crippen molar-refractivity contribution in [2.45, 2.75) is 6.61 Å². The zero-order chi connectivity index (χ0) is 11.4. The van der Waals surface area contributed by atoms with Crippen LogP contribution in [0.25, 0.3) is 5.70 Å². The van der Waals surface area contributed by atoms with Gasteiger partial charge in [-0.05, 0) is 24.3 Å². The fourth-order valence-electron chi connectivity index (χ4n) is 1.30. The zero-order valence-corrected chi connectivity index (χ0v) is 8.19. The Bertz CT molecular complexity index is 430. The number of hydrogen-bond acceptors (Lipinski definition) is 3. The Morgan fingerprint density at radius 1 is 1.31 bits per heavy atom. The first kappa shape index (κ1) is 10.5. The Balaban J connectivity index is 2.21. The lowest BCUT2D eigenvalue weighted by atomic mass is 10.1. The summed E-state index contributed by atoms with van der Waals surface area (Å²) in [5.41, 5.74) is 4.04. The van der Waals surface area contributed by atoms with Gasteiger partial charge >= 0.3 is 6.61 Å². The quantitative estimate of drug-likeness (QED) is 0.857. The molecular formula is C11H9F2NO2.